The molecule has 1 fully saturated rings. The SMILES string of the molecule is CCN=C1S/C(=C\c2cc(Br)c(OCc3ccc(Br)cc3)c(I)c2)C(=O)N1CC. The van der Waals surface area contributed by atoms with Crippen LogP contribution in [0.25, 0.3) is 6.08 Å². The molecule has 0 bridgehead atoms. The van der Waals surface area contributed by atoms with E-state index in [-0.39, 0.29) is 5.91 Å². The zero-order chi connectivity index (χ0) is 21.0. The Kier molecular flexibility index (Phi) is 8.23. The normalized spacial score (nSPS) is 16.9. The first kappa shape index (κ1) is 22.8. The van der Waals surface area contributed by atoms with Gasteiger partial charge in [0.1, 0.15) is 12.4 Å². The summed E-state index contributed by atoms with van der Waals surface area (Å²) in [4.78, 5) is 19.5. The van der Waals surface area contributed by atoms with Crippen LogP contribution in [-0.4, -0.2) is 29.1 Å². The van der Waals surface area contributed by atoms with E-state index in [4.69, 9.17) is 4.74 Å². The van der Waals surface area contributed by atoms with Crippen LogP contribution in [0.2, 0.25) is 0 Å². The number of amides is 1. The highest BCUT2D eigenvalue weighted by Crippen LogP contribution is 2.36. The van der Waals surface area contributed by atoms with Crippen LogP contribution in [0.3, 0.4) is 0 Å². The Morgan fingerprint density at radius 2 is 1.93 bits per heavy atom. The Morgan fingerprint density at radius 1 is 1.21 bits per heavy atom. The summed E-state index contributed by atoms with van der Waals surface area (Å²) in [5, 5.41) is 0.773. The first-order chi connectivity index (χ1) is 13.9. The molecule has 1 amide bonds. The summed E-state index contributed by atoms with van der Waals surface area (Å²) >= 11 is 10.8. The van der Waals surface area contributed by atoms with E-state index in [1.165, 1.54) is 11.8 Å². The van der Waals surface area contributed by atoms with Gasteiger partial charge in [-0.3, -0.25) is 14.7 Å². The quantitative estimate of drug-likeness (QED) is 0.258. The number of aliphatic imine (C=N–C) groups is 1. The summed E-state index contributed by atoms with van der Waals surface area (Å²) in [6, 6.07) is 12.1. The van der Waals surface area contributed by atoms with Crippen molar-refractivity contribution in [1.29, 1.82) is 0 Å². The van der Waals surface area contributed by atoms with Crippen LogP contribution in [0.4, 0.5) is 0 Å². The molecule has 2 aromatic rings. The van der Waals surface area contributed by atoms with Gasteiger partial charge in [-0.2, -0.15) is 0 Å². The average molecular weight is 650 g/mol. The van der Waals surface area contributed by atoms with Gasteiger partial charge in [-0.1, -0.05) is 28.1 Å². The number of likely N-dealkylation sites (N-methyl/N-ethyl adjacent to an activating group) is 1. The summed E-state index contributed by atoms with van der Waals surface area (Å²) < 4.78 is 8.91. The average Bonchev–Trinajstić information content (AvgIpc) is 2.97. The number of amidine groups is 1. The Balaban J connectivity index is 1.80. The number of thioether (sulfide) groups is 1. The van der Waals surface area contributed by atoms with Crippen LogP contribution in [-0.2, 0) is 11.4 Å². The van der Waals surface area contributed by atoms with Gasteiger partial charge < -0.3 is 4.74 Å². The Labute approximate surface area is 205 Å². The number of hydrogen-bond acceptors (Lipinski definition) is 4. The number of hydrogen-bond donors (Lipinski definition) is 0. The van der Waals surface area contributed by atoms with E-state index >= 15 is 0 Å². The number of rotatable bonds is 6. The van der Waals surface area contributed by atoms with Gasteiger partial charge in [0, 0.05) is 17.6 Å². The fourth-order valence-electron chi connectivity index (χ4n) is 2.73. The fourth-order valence-corrected chi connectivity index (χ4v) is 5.87. The molecule has 4 nitrogen and oxygen atoms in total. The van der Waals surface area contributed by atoms with Crippen LogP contribution in [0.5, 0.6) is 5.75 Å². The third kappa shape index (κ3) is 5.65. The van der Waals surface area contributed by atoms with Crippen molar-refractivity contribution in [2.75, 3.05) is 13.1 Å². The van der Waals surface area contributed by atoms with Crippen LogP contribution in [0.15, 0.2) is 55.2 Å². The minimum Gasteiger partial charge on any atom is -0.487 e. The third-order valence-electron chi connectivity index (χ3n) is 4.11. The summed E-state index contributed by atoms with van der Waals surface area (Å²) in [7, 11) is 0. The Hall–Kier alpha value is -0.840. The van der Waals surface area contributed by atoms with Crippen molar-refractivity contribution in [2.45, 2.75) is 20.5 Å². The van der Waals surface area contributed by atoms with Gasteiger partial charge in [-0.05, 0) is 106 Å². The lowest BCUT2D eigenvalue weighted by molar-refractivity contribution is -0.122. The van der Waals surface area contributed by atoms with Crippen molar-refractivity contribution in [3.05, 3.63) is 64.9 Å². The van der Waals surface area contributed by atoms with E-state index in [0.29, 0.717) is 24.6 Å². The minimum atomic E-state index is 0.00592. The summed E-state index contributed by atoms with van der Waals surface area (Å²) in [6.07, 6.45) is 1.92. The Bertz CT molecular complexity index is 954. The largest absolute Gasteiger partial charge is 0.487 e. The monoisotopic (exact) mass is 648 g/mol. The highest BCUT2D eigenvalue weighted by molar-refractivity contribution is 14.1. The van der Waals surface area contributed by atoms with E-state index in [2.05, 4.69) is 59.4 Å². The maximum absolute atomic E-state index is 12.7. The van der Waals surface area contributed by atoms with Crippen LogP contribution >= 0.6 is 66.2 Å². The third-order valence-corrected chi connectivity index (χ3v) is 7.08. The molecule has 0 saturated carbocycles. The number of ether oxygens (including phenoxy) is 1. The van der Waals surface area contributed by atoms with Gasteiger partial charge in [0.05, 0.1) is 12.9 Å². The molecule has 0 radical (unpaired) electrons. The van der Waals surface area contributed by atoms with Crippen molar-refractivity contribution in [3.8, 4) is 5.75 Å². The van der Waals surface area contributed by atoms with Crippen LogP contribution in [0, 0.1) is 3.57 Å². The summed E-state index contributed by atoms with van der Waals surface area (Å²) in [5.41, 5.74) is 2.04. The standard InChI is InChI=1S/C21H19Br2IN2O2S/c1-3-25-21-26(4-2)20(27)18(29-21)11-14-9-16(23)19(17(24)10-14)28-12-13-5-7-15(22)8-6-13/h5-11H,3-4,12H2,1-2H3/b18-11-,25-21?. The first-order valence-corrected chi connectivity index (χ1v) is 12.5. The van der Waals surface area contributed by atoms with Gasteiger partial charge in [-0.25, -0.2) is 0 Å². The predicted molar refractivity (Wildman–Crippen MR) is 136 cm³/mol. The van der Waals surface area contributed by atoms with Crippen molar-refractivity contribution in [2.24, 2.45) is 4.99 Å². The van der Waals surface area contributed by atoms with E-state index in [1.807, 2.05) is 56.3 Å². The molecule has 0 atom stereocenters. The molecule has 0 aliphatic carbocycles. The van der Waals surface area contributed by atoms with Gasteiger partial charge in [0.2, 0.25) is 0 Å². The molecule has 0 unspecified atom stereocenters. The van der Waals surface area contributed by atoms with E-state index < -0.39 is 0 Å². The van der Waals surface area contributed by atoms with Crippen LogP contribution < -0.4 is 4.74 Å². The Morgan fingerprint density at radius 3 is 2.55 bits per heavy atom. The van der Waals surface area contributed by atoms with E-state index in [1.54, 1.807) is 4.90 Å². The molecule has 1 heterocycles. The summed E-state index contributed by atoms with van der Waals surface area (Å²) in [6.45, 7) is 5.70. The van der Waals surface area contributed by atoms with Gasteiger partial charge in [-0.15, -0.1) is 0 Å². The molecule has 0 N–H and O–H groups in total. The maximum atomic E-state index is 12.7. The molecule has 29 heavy (non-hydrogen) atoms. The van der Waals surface area contributed by atoms with Crippen LogP contribution in [0.1, 0.15) is 25.0 Å². The second kappa shape index (κ2) is 10.5. The fraction of sp³-hybridized carbons (Fsp3) is 0.238. The molecular weight excluding hydrogens is 631 g/mol. The minimum absolute atomic E-state index is 0.00592. The highest BCUT2D eigenvalue weighted by atomic mass is 127. The van der Waals surface area contributed by atoms with E-state index in [0.717, 1.165) is 34.6 Å². The maximum Gasteiger partial charge on any atom is 0.266 e. The lowest BCUT2D eigenvalue weighted by atomic mass is 10.2. The highest BCUT2D eigenvalue weighted by Gasteiger charge is 2.31. The number of halogens is 3. The number of carbonyl (C=O) groups is 1. The zero-order valence-corrected chi connectivity index (χ0v) is 22.1. The second-order valence-electron chi connectivity index (χ2n) is 6.15. The second-order valence-corrected chi connectivity index (χ2v) is 10.1. The van der Waals surface area contributed by atoms with Gasteiger partial charge >= 0.3 is 0 Å². The first-order valence-electron chi connectivity index (χ1n) is 9.05. The topological polar surface area (TPSA) is 41.9 Å². The zero-order valence-electron chi connectivity index (χ0n) is 15.9. The van der Waals surface area contributed by atoms with Crippen molar-refractivity contribution >= 4 is 83.4 Å². The molecule has 0 spiro atoms. The molecule has 3 rings (SSSR count). The lowest BCUT2D eigenvalue weighted by Gasteiger charge is -2.12. The van der Waals surface area contributed by atoms with Crippen molar-refractivity contribution < 1.29 is 9.53 Å². The molecule has 1 saturated heterocycles. The van der Waals surface area contributed by atoms with Crippen molar-refractivity contribution in [1.82, 2.24) is 4.90 Å². The van der Waals surface area contributed by atoms with Crippen molar-refractivity contribution in [3.63, 3.8) is 0 Å². The molecule has 2 aromatic carbocycles. The number of carbonyl (C=O) groups excluding carboxylic acids is 1. The molecule has 1 aliphatic rings. The molecular formula is C21H19Br2IN2O2S. The molecule has 0 aromatic heterocycles. The smallest absolute Gasteiger partial charge is 0.266 e. The number of nitrogens with zero attached hydrogens (tertiary/aromatic N) is 2. The van der Waals surface area contributed by atoms with Gasteiger partial charge in [0.15, 0.2) is 5.17 Å². The van der Waals surface area contributed by atoms with Gasteiger partial charge in [0.25, 0.3) is 5.91 Å². The predicted octanol–water partition coefficient (Wildman–Crippen LogP) is 6.71. The summed E-state index contributed by atoms with van der Waals surface area (Å²) in [5.74, 6) is 0.802. The molecule has 1 aliphatic heterocycles. The van der Waals surface area contributed by atoms with E-state index in [9.17, 15) is 4.79 Å². The molecule has 8 heteroatoms. The molecule has 152 valence electrons. The number of benzene rings is 2. The lowest BCUT2D eigenvalue weighted by Crippen LogP contribution is -2.28.